The number of nitrogens with zero attached hydrogens (tertiary/aromatic N) is 3. The summed E-state index contributed by atoms with van der Waals surface area (Å²) in [4.78, 5) is 10.2. The third kappa shape index (κ3) is 2.49. The smallest absolute Gasteiger partial charge is 0.451 e. The van der Waals surface area contributed by atoms with Gasteiger partial charge in [0.15, 0.2) is 0 Å². The fourth-order valence-corrected chi connectivity index (χ4v) is 1.16. The first-order chi connectivity index (χ1) is 7.97. The summed E-state index contributed by atoms with van der Waals surface area (Å²) in [5.41, 5.74) is 0.731. The van der Waals surface area contributed by atoms with Crippen molar-refractivity contribution in [1.82, 2.24) is 15.0 Å². The third-order valence-electron chi connectivity index (χ3n) is 1.95. The average Bonchev–Trinajstić information content (AvgIpc) is 2.29. The molecule has 0 unspecified atom stereocenters. The van der Waals surface area contributed by atoms with Crippen LogP contribution in [0.5, 0.6) is 5.75 Å². The van der Waals surface area contributed by atoms with Gasteiger partial charge in [-0.2, -0.15) is 13.2 Å². The van der Waals surface area contributed by atoms with Gasteiger partial charge in [-0.3, -0.25) is 4.98 Å². The normalized spacial score (nSPS) is 11.5. The first kappa shape index (κ1) is 11.3. The van der Waals surface area contributed by atoms with Gasteiger partial charge in [0.1, 0.15) is 5.75 Å². The second-order valence-electron chi connectivity index (χ2n) is 3.19. The summed E-state index contributed by atoms with van der Waals surface area (Å²) in [5.74, 6) is -1.22. The molecule has 0 amide bonds. The maximum atomic E-state index is 12.2. The molecular weight excluding hydrogens is 235 g/mol. The molecule has 88 valence electrons. The highest BCUT2D eigenvalue weighted by molar-refractivity contribution is 5.56. The predicted molar refractivity (Wildman–Crippen MR) is 51.9 cm³/mol. The molecule has 1 N–H and O–H groups in total. The van der Waals surface area contributed by atoms with Gasteiger partial charge in [0.05, 0.1) is 11.9 Å². The number of pyridine rings is 1. The molecule has 0 spiro atoms. The third-order valence-corrected chi connectivity index (χ3v) is 1.95. The van der Waals surface area contributed by atoms with E-state index in [1.807, 2.05) is 0 Å². The van der Waals surface area contributed by atoms with E-state index in [1.54, 1.807) is 0 Å². The Hall–Kier alpha value is -2.18. The summed E-state index contributed by atoms with van der Waals surface area (Å²) in [7, 11) is 0. The van der Waals surface area contributed by atoms with Crippen molar-refractivity contribution in [2.24, 2.45) is 0 Å². The van der Waals surface area contributed by atoms with Gasteiger partial charge in [-0.05, 0) is 12.1 Å². The lowest BCUT2D eigenvalue weighted by molar-refractivity contribution is -0.144. The van der Waals surface area contributed by atoms with Gasteiger partial charge >= 0.3 is 6.18 Å². The van der Waals surface area contributed by atoms with E-state index >= 15 is 0 Å². The van der Waals surface area contributed by atoms with Crippen LogP contribution in [-0.2, 0) is 6.18 Å². The Kier molecular flexibility index (Phi) is 2.66. The minimum absolute atomic E-state index is 0.0263. The van der Waals surface area contributed by atoms with Crippen LogP contribution in [0, 0.1) is 0 Å². The molecule has 0 fully saturated rings. The molecule has 4 nitrogen and oxygen atoms in total. The van der Waals surface area contributed by atoms with Crippen molar-refractivity contribution in [2.45, 2.75) is 6.18 Å². The van der Waals surface area contributed by atoms with E-state index in [1.165, 1.54) is 18.3 Å². The Morgan fingerprint density at radius 2 is 1.59 bits per heavy atom. The maximum Gasteiger partial charge on any atom is 0.451 e. The molecule has 17 heavy (non-hydrogen) atoms. The van der Waals surface area contributed by atoms with E-state index in [9.17, 15) is 13.2 Å². The number of aromatic nitrogens is 3. The molecule has 2 heterocycles. The van der Waals surface area contributed by atoms with Crippen molar-refractivity contribution in [3.63, 3.8) is 0 Å². The van der Waals surface area contributed by atoms with Gasteiger partial charge in [0, 0.05) is 18.0 Å². The number of aromatic hydroxyl groups is 1. The SMILES string of the molecule is Oc1ccc(-c2cnc(C(F)(F)F)nc2)nc1. The summed E-state index contributed by atoms with van der Waals surface area (Å²) in [6.07, 6.45) is -1.29. The van der Waals surface area contributed by atoms with Gasteiger partial charge in [-0.15, -0.1) is 0 Å². The zero-order chi connectivity index (χ0) is 12.5. The lowest BCUT2D eigenvalue weighted by Crippen LogP contribution is -2.10. The maximum absolute atomic E-state index is 12.2. The summed E-state index contributed by atoms with van der Waals surface area (Å²) < 4.78 is 36.6. The zero-order valence-electron chi connectivity index (χ0n) is 8.31. The number of halogens is 3. The monoisotopic (exact) mass is 241 g/mol. The van der Waals surface area contributed by atoms with Gasteiger partial charge in [0.25, 0.3) is 0 Å². The quantitative estimate of drug-likeness (QED) is 0.831. The van der Waals surface area contributed by atoms with Gasteiger partial charge in [-0.1, -0.05) is 0 Å². The van der Waals surface area contributed by atoms with Gasteiger partial charge in [0.2, 0.25) is 5.82 Å². The number of hydrogen-bond acceptors (Lipinski definition) is 4. The zero-order valence-corrected chi connectivity index (χ0v) is 8.31. The van der Waals surface area contributed by atoms with E-state index in [0.717, 1.165) is 12.4 Å². The summed E-state index contributed by atoms with van der Waals surface area (Å²) in [5, 5.41) is 9.01. The van der Waals surface area contributed by atoms with Crippen molar-refractivity contribution in [2.75, 3.05) is 0 Å². The molecule has 0 radical (unpaired) electrons. The van der Waals surface area contributed by atoms with Crippen molar-refractivity contribution >= 4 is 0 Å². The highest BCUT2D eigenvalue weighted by Crippen LogP contribution is 2.26. The molecule has 0 atom stereocenters. The predicted octanol–water partition coefficient (Wildman–Crippen LogP) is 2.26. The van der Waals surface area contributed by atoms with Crippen molar-refractivity contribution in [3.8, 4) is 17.0 Å². The Balaban J connectivity index is 2.33. The molecule has 2 aromatic rings. The number of rotatable bonds is 1. The largest absolute Gasteiger partial charge is 0.506 e. The van der Waals surface area contributed by atoms with E-state index < -0.39 is 12.0 Å². The van der Waals surface area contributed by atoms with Crippen molar-refractivity contribution in [1.29, 1.82) is 0 Å². The number of hydrogen-bond donors (Lipinski definition) is 1. The molecule has 0 aliphatic heterocycles. The molecule has 0 saturated carbocycles. The topological polar surface area (TPSA) is 58.9 Å². The molecule has 0 bridgehead atoms. The second kappa shape index (κ2) is 4.00. The lowest BCUT2D eigenvalue weighted by Gasteiger charge is -2.05. The van der Waals surface area contributed by atoms with E-state index in [4.69, 9.17) is 5.11 Å². The van der Waals surface area contributed by atoms with Crippen LogP contribution >= 0.6 is 0 Å². The highest BCUT2D eigenvalue weighted by Gasteiger charge is 2.34. The fraction of sp³-hybridized carbons (Fsp3) is 0.100. The first-order valence-corrected chi connectivity index (χ1v) is 4.51. The first-order valence-electron chi connectivity index (χ1n) is 4.51. The molecule has 0 aliphatic rings. The van der Waals surface area contributed by atoms with Crippen LogP contribution in [0.1, 0.15) is 5.82 Å². The van der Waals surface area contributed by atoms with Crippen molar-refractivity contribution in [3.05, 3.63) is 36.5 Å². The molecule has 0 aliphatic carbocycles. The molecule has 2 rings (SSSR count). The Morgan fingerprint density at radius 1 is 0.941 bits per heavy atom. The van der Waals surface area contributed by atoms with Gasteiger partial charge < -0.3 is 5.11 Å². The standard InChI is InChI=1S/C10H6F3N3O/c11-10(12,13)9-15-3-6(4-16-9)8-2-1-7(17)5-14-8/h1-5,17H. The number of alkyl halides is 3. The summed E-state index contributed by atoms with van der Waals surface area (Å²) in [6.45, 7) is 0. The Bertz CT molecular complexity index is 508. The summed E-state index contributed by atoms with van der Waals surface area (Å²) in [6, 6.07) is 2.83. The van der Waals surface area contributed by atoms with Crippen LogP contribution in [0.2, 0.25) is 0 Å². The molecule has 0 saturated heterocycles. The van der Waals surface area contributed by atoms with Crippen molar-refractivity contribution < 1.29 is 18.3 Å². The van der Waals surface area contributed by atoms with Gasteiger partial charge in [-0.25, -0.2) is 9.97 Å². The lowest BCUT2D eigenvalue weighted by atomic mass is 10.2. The van der Waals surface area contributed by atoms with E-state index in [-0.39, 0.29) is 5.75 Å². The average molecular weight is 241 g/mol. The van der Waals surface area contributed by atoms with E-state index in [0.29, 0.717) is 11.3 Å². The van der Waals surface area contributed by atoms with Crippen LogP contribution in [-0.4, -0.2) is 20.1 Å². The van der Waals surface area contributed by atoms with E-state index in [2.05, 4.69) is 15.0 Å². The Labute approximate surface area is 93.8 Å². The van der Waals surface area contributed by atoms with Crippen LogP contribution in [0.25, 0.3) is 11.3 Å². The van der Waals surface area contributed by atoms with Crippen LogP contribution in [0.4, 0.5) is 13.2 Å². The molecule has 2 aromatic heterocycles. The van der Waals surface area contributed by atoms with Crippen LogP contribution < -0.4 is 0 Å². The highest BCUT2D eigenvalue weighted by atomic mass is 19.4. The molecular formula is C10H6F3N3O. The minimum Gasteiger partial charge on any atom is -0.506 e. The van der Waals surface area contributed by atoms with Crippen LogP contribution in [0.3, 0.4) is 0 Å². The second-order valence-corrected chi connectivity index (χ2v) is 3.19. The molecule has 0 aromatic carbocycles. The molecule has 7 heteroatoms. The minimum atomic E-state index is -4.55. The van der Waals surface area contributed by atoms with Crippen LogP contribution in [0.15, 0.2) is 30.7 Å². The Morgan fingerprint density at radius 3 is 2.06 bits per heavy atom. The summed E-state index contributed by atoms with van der Waals surface area (Å²) >= 11 is 0. The fourth-order valence-electron chi connectivity index (χ4n) is 1.16.